The number of nitriles is 1. The molecule has 0 aliphatic rings. The zero-order valence-corrected chi connectivity index (χ0v) is 20.9. The first kappa shape index (κ1) is 26.7. The fraction of sp³-hybridized carbons (Fsp3) is 0.217. The Balaban J connectivity index is 1.80. The summed E-state index contributed by atoms with van der Waals surface area (Å²) in [6, 6.07) is 11.8. The van der Waals surface area contributed by atoms with E-state index in [1.54, 1.807) is 36.6 Å². The van der Waals surface area contributed by atoms with Crippen molar-refractivity contribution < 1.29 is 32.4 Å². The highest BCUT2D eigenvalue weighted by Crippen LogP contribution is 2.45. The normalized spacial score (nSPS) is 14.2. The van der Waals surface area contributed by atoms with Gasteiger partial charge >= 0.3 is 7.82 Å². The lowest BCUT2D eigenvalue weighted by Crippen LogP contribution is -2.41. The van der Waals surface area contributed by atoms with Crippen LogP contribution in [0.2, 0.25) is 0 Å². The Hall–Kier alpha value is -3.37. The van der Waals surface area contributed by atoms with Gasteiger partial charge in [-0.05, 0) is 18.2 Å². The van der Waals surface area contributed by atoms with Crippen molar-refractivity contribution in [3.63, 3.8) is 0 Å². The smallest absolute Gasteiger partial charge is 0.341 e. The van der Waals surface area contributed by atoms with Gasteiger partial charge in [-0.3, -0.25) is 4.52 Å². The van der Waals surface area contributed by atoms with Gasteiger partial charge in [-0.2, -0.15) is 10.4 Å². The quantitative estimate of drug-likeness (QED) is 0.219. The molecule has 2 aromatic heterocycles. The van der Waals surface area contributed by atoms with Crippen molar-refractivity contribution in [3.05, 3.63) is 88.3 Å². The number of hydrogen-bond donors (Lipinski definition) is 2. The van der Waals surface area contributed by atoms with Gasteiger partial charge in [-0.1, -0.05) is 25.1 Å². The van der Waals surface area contributed by atoms with Gasteiger partial charge in [0, 0.05) is 28.5 Å². The van der Waals surface area contributed by atoms with E-state index >= 15 is 4.39 Å². The molecule has 14 heteroatoms. The summed E-state index contributed by atoms with van der Waals surface area (Å²) in [6.07, 6.45) is 2.62. The summed E-state index contributed by atoms with van der Waals surface area (Å²) in [5.41, 5.74) is 0.0257. The fourth-order valence-corrected chi connectivity index (χ4v) is 4.98. The summed E-state index contributed by atoms with van der Waals surface area (Å²) in [6.45, 7) is 0.611. The Morgan fingerprint density at radius 1 is 1.24 bits per heavy atom. The molecule has 0 saturated carbocycles. The van der Waals surface area contributed by atoms with Crippen LogP contribution < -0.4 is 0 Å². The minimum absolute atomic E-state index is 0.0960. The highest BCUT2D eigenvalue weighted by atomic mass is 32.1. The molecule has 2 atom stereocenters. The molecule has 2 N–H and O–H groups in total. The van der Waals surface area contributed by atoms with Crippen LogP contribution in [0.5, 0.6) is 0 Å². The maximum Gasteiger partial charge on any atom is 0.471 e. The summed E-state index contributed by atoms with van der Waals surface area (Å²) in [5, 5.41) is 15.4. The van der Waals surface area contributed by atoms with Crippen LogP contribution in [0.3, 0.4) is 0 Å². The molecule has 192 valence electrons. The molecule has 4 aromatic rings. The second-order valence-corrected chi connectivity index (χ2v) is 10.1. The molecule has 0 saturated heterocycles. The van der Waals surface area contributed by atoms with Crippen LogP contribution in [0.4, 0.5) is 8.78 Å². The molecule has 0 radical (unpaired) electrons. The molecule has 0 aliphatic heterocycles. The highest BCUT2D eigenvalue weighted by Gasteiger charge is 2.45. The number of halogens is 2. The molecular weight excluding hydrogens is 527 g/mol. The van der Waals surface area contributed by atoms with Crippen molar-refractivity contribution in [2.24, 2.45) is 0 Å². The minimum atomic E-state index is -4.93. The van der Waals surface area contributed by atoms with E-state index < -0.39 is 37.8 Å². The Bertz CT molecular complexity index is 1460. The highest BCUT2D eigenvalue weighted by molar-refractivity contribution is 7.46. The van der Waals surface area contributed by atoms with Crippen LogP contribution in [-0.2, 0) is 26.0 Å². The van der Waals surface area contributed by atoms with E-state index in [1.807, 2.05) is 0 Å². The molecule has 0 aliphatic carbocycles. The van der Waals surface area contributed by atoms with E-state index in [2.05, 4.69) is 25.7 Å². The first-order chi connectivity index (χ1) is 17.6. The van der Waals surface area contributed by atoms with E-state index in [1.165, 1.54) is 34.7 Å². The maximum atomic E-state index is 15.2. The van der Waals surface area contributed by atoms with Crippen molar-refractivity contribution in [2.45, 2.75) is 25.0 Å². The van der Waals surface area contributed by atoms with Crippen LogP contribution in [0.25, 0.3) is 11.3 Å². The van der Waals surface area contributed by atoms with Crippen molar-refractivity contribution >= 4 is 19.2 Å². The Morgan fingerprint density at radius 3 is 2.62 bits per heavy atom. The molecule has 37 heavy (non-hydrogen) atoms. The van der Waals surface area contributed by atoms with E-state index in [0.717, 1.165) is 11.6 Å². The van der Waals surface area contributed by atoms with Crippen molar-refractivity contribution in [1.82, 2.24) is 19.7 Å². The maximum absolute atomic E-state index is 15.2. The van der Waals surface area contributed by atoms with E-state index in [4.69, 9.17) is 10.00 Å². The summed E-state index contributed by atoms with van der Waals surface area (Å²) < 4.78 is 52.2. The summed E-state index contributed by atoms with van der Waals surface area (Å²) in [7, 11) is -4.93. The standard InChI is InChI=1S/C23H20F2N5O5PS/c1-15(22-29-21(10-37-22)17-4-2-16(9-26)3-5-17)23(11-30-13-27-12-28-30,34-14-35-36(31,32)33)19-7-6-18(24)8-20(19)25/h2-8,10,12-13,15H,11,14H2,1H3,(H2,31,32,33)/t15-,23-/m1/s1. The molecule has 0 amide bonds. The van der Waals surface area contributed by atoms with Crippen LogP contribution in [-0.4, -0.2) is 36.3 Å². The van der Waals surface area contributed by atoms with Crippen molar-refractivity contribution in [1.29, 1.82) is 5.26 Å². The number of thiazole rings is 1. The van der Waals surface area contributed by atoms with Gasteiger partial charge in [-0.25, -0.2) is 28.0 Å². The summed E-state index contributed by atoms with van der Waals surface area (Å²) in [4.78, 5) is 26.9. The molecule has 0 unspecified atom stereocenters. The number of benzene rings is 2. The van der Waals surface area contributed by atoms with Gasteiger partial charge < -0.3 is 14.5 Å². The lowest BCUT2D eigenvalue weighted by atomic mass is 9.81. The second kappa shape index (κ2) is 10.9. The number of nitrogens with zero attached hydrogens (tertiary/aromatic N) is 5. The minimum Gasteiger partial charge on any atom is -0.341 e. The predicted molar refractivity (Wildman–Crippen MR) is 128 cm³/mol. The number of phosphoric ester groups is 1. The van der Waals surface area contributed by atoms with Crippen molar-refractivity contribution in [2.75, 3.05) is 6.79 Å². The molecule has 4 rings (SSSR count). The fourth-order valence-electron chi connectivity index (χ4n) is 3.83. The summed E-state index contributed by atoms with van der Waals surface area (Å²) in [5.74, 6) is -2.51. The molecule has 10 nitrogen and oxygen atoms in total. The van der Waals surface area contributed by atoms with Crippen LogP contribution in [0.15, 0.2) is 60.5 Å². The largest absolute Gasteiger partial charge is 0.471 e. The number of rotatable bonds is 10. The van der Waals surface area contributed by atoms with Crippen LogP contribution in [0.1, 0.15) is 29.0 Å². The van der Waals surface area contributed by atoms with Gasteiger partial charge in [0.25, 0.3) is 0 Å². The average molecular weight is 547 g/mol. The van der Waals surface area contributed by atoms with Gasteiger partial charge in [-0.15, -0.1) is 11.3 Å². The lowest BCUT2D eigenvalue weighted by Gasteiger charge is -2.38. The third-order valence-electron chi connectivity index (χ3n) is 5.69. The van der Waals surface area contributed by atoms with Gasteiger partial charge in [0.15, 0.2) is 6.79 Å². The van der Waals surface area contributed by atoms with Gasteiger partial charge in [0.2, 0.25) is 0 Å². The molecule has 0 spiro atoms. The van der Waals surface area contributed by atoms with E-state index in [0.29, 0.717) is 22.3 Å². The number of aromatic nitrogens is 4. The molecular formula is C23H20F2N5O5PS. The molecule has 2 heterocycles. The third-order valence-corrected chi connectivity index (χ3v) is 7.16. The van der Waals surface area contributed by atoms with Crippen molar-refractivity contribution in [3.8, 4) is 17.3 Å². The SMILES string of the molecule is C[C@H](c1nc(-c2ccc(C#N)cc2)cs1)[C@@](Cn1cncn1)(OCOP(=O)(O)O)c1ccc(F)cc1F. The zero-order chi connectivity index (χ0) is 26.6. The Morgan fingerprint density at radius 2 is 2.00 bits per heavy atom. The van der Waals surface area contributed by atoms with Crippen LogP contribution >= 0.6 is 19.2 Å². The first-order valence-electron chi connectivity index (χ1n) is 10.7. The summed E-state index contributed by atoms with van der Waals surface area (Å²) >= 11 is 1.25. The van der Waals surface area contributed by atoms with Gasteiger partial charge in [0.1, 0.15) is 29.9 Å². The Labute approximate surface area is 214 Å². The van der Waals surface area contributed by atoms with Crippen LogP contribution in [0, 0.1) is 23.0 Å². The molecule has 2 aromatic carbocycles. The molecule has 0 bridgehead atoms. The number of phosphoric acid groups is 1. The molecule has 0 fully saturated rings. The first-order valence-corrected chi connectivity index (χ1v) is 13.1. The second-order valence-electron chi connectivity index (χ2n) is 7.97. The Kier molecular flexibility index (Phi) is 7.89. The lowest BCUT2D eigenvalue weighted by molar-refractivity contribution is -0.140. The zero-order valence-electron chi connectivity index (χ0n) is 19.2. The topological polar surface area (TPSA) is 143 Å². The third kappa shape index (κ3) is 6.14. The number of hydrogen-bond acceptors (Lipinski definition) is 8. The van der Waals surface area contributed by atoms with E-state index in [9.17, 15) is 18.7 Å². The average Bonchev–Trinajstić information content (AvgIpc) is 3.55. The van der Waals surface area contributed by atoms with E-state index in [-0.39, 0.29) is 12.1 Å². The van der Waals surface area contributed by atoms with Gasteiger partial charge in [0.05, 0.1) is 28.9 Å². The monoisotopic (exact) mass is 547 g/mol. The number of ether oxygens (including phenoxy) is 1. The predicted octanol–water partition coefficient (Wildman–Crippen LogP) is 4.33.